The summed E-state index contributed by atoms with van der Waals surface area (Å²) in [6, 6.07) is 11.5. The highest BCUT2D eigenvalue weighted by molar-refractivity contribution is 7.80. The molecule has 0 saturated heterocycles. The highest BCUT2D eigenvalue weighted by atomic mass is 35.5. The third-order valence-corrected chi connectivity index (χ3v) is 3.63. The molecule has 0 aliphatic carbocycles. The highest BCUT2D eigenvalue weighted by Gasteiger charge is 2.13. The van der Waals surface area contributed by atoms with Gasteiger partial charge in [0.15, 0.2) is 0 Å². The monoisotopic (exact) mass is 315 g/mol. The summed E-state index contributed by atoms with van der Waals surface area (Å²) in [6.07, 6.45) is 0.678. The predicted molar refractivity (Wildman–Crippen MR) is 86.5 cm³/mol. The molecule has 0 amide bonds. The Bertz CT molecular complexity index is 815. The third-order valence-electron chi connectivity index (χ3n) is 3.19. The lowest BCUT2D eigenvalue weighted by atomic mass is 10.0. The van der Waals surface area contributed by atoms with Crippen LogP contribution in [0, 0.1) is 6.92 Å². The van der Waals surface area contributed by atoms with Gasteiger partial charge in [0, 0.05) is 17.0 Å². The second-order valence-corrected chi connectivity index (χ2v) is 5.37. The number of benzene rings is 2. The van der Waals surface area contributed by atoms with Gasteiger partial charge in [-0.25, -0.2) is 9.98 Å². The van der Waals surface area contributed by atoms with Crippen molar-refractivity contribution in [1.29, 1.82) is 0 Å². The maximum atomic E-state index is 5.92. The normalized spacial score (nSPS) is 12.6. The fraction of sp³-hybridized carbons (Fsp3) is 0.125. The second-order valence-electron chi connectivity index (χ2n) is 4.57. The summed E-state index contributed by atoms with van der Waals surface area (Å²) in [5, 5.41) is 2.66. The Balaban J connectivity index is 2.10. The van der Waals surface area contributed by atoms with Crippen molar-refractivity contribution in [2.45, 2.75) is 6.42 Å². The van der Waals surface area contributed by atoms with Crippen LogP contribution in [-0.4, -0.2) is 11.7 Å². The molecular weight excluding hydrogens is 304 g/mol. The van der Waals surface area contributed by atoms with Gasteiger partial charge in [-0.1, -0.05) is 23.7 Å². The molecule has 0 spiro atoms. The molecule has 21 heavy (non-hydrogen) atoms. The molecule has 2 aromatic carbocycles. The van der Waals surface area contributed by atoms with E-state index >= 15 is 0 Å². The van der Waals surface area contributed by atoms with E-state index in [9.17, 15) is 0 Å². The Hall–Kier alpha value is -1.78. The third kappa shape index (κ3) is 2.96. The quantitative estimate of drug-likeness (QED) is 0.813. The van der Waals surface area contributed by atoms with Crippen LogP contribution in [0.5, 0.6) is 5.75 Å². The van der Waals surface area contributed by atoms with Crippen molar-refractivity contribution in [3.8, 4) is 5.75 Å². The van der Waals surface area contributed by atoms with Crippen molar-refractivity contribution in [3.63, 3.8) is 0 Å². The average Bonchev–Trinajstić information content (AvgIpc) is 2.85. The number of hydrogen-bond acceptors (Lipinski definition) is 2. The summed E-state index contributed by atoms with van der Waals surface area (Å²) in [7, 11) is 0. The van der Waals surface area contributed by atoms with Crippen LogP contribution in [0.2, 0.25) is 5.02 Å². The largest absolute Gasteiger partial charge is 0.493 e. The molecule has 1 aliphatic heterocycles. The Morgan fingerprint density at radius 2 is 1.86 bits per heavy atom. The lowest BCUT2D eigenvalue weighted by molar-refractivity contribution is 0.357. The minimum absolute atomic E-state index is 0.355. The molecule has 0 bridgehead atoms. The molecule has 1 heterocycles. The summed E-state index contributed by atoms with van der Waals surface area (Å²) in [6.45, 7) is 4.08. The van der Waals surface area contributed by atoms with Crippen LogP contribution in [-0.2, 0) is 6.42 Å². The first kappa shape index (κ1) is 14.2. The number of ether oxygens (including phenoxy) is 1. The maximum Gasteiger partial charge on any atom is 0.220 e. The van der Waals surface area contributed by atoms with Crippen LogP contribution >= 0.6 is 23.8 Å². The van der Waals surface area contributed by atoms with Gasteiger partial charge in [0.25, 0.3) is 0 Å². The van der Waals surface area contributed by atoms with E-state index in [0.29, 0.717) is 23.2 Å². The van der Waals surface area contributed by atoms with Crippen LogP contribution in [0.25, 0.3) is 0 Å². The van der Waals surface area contributed by atoms with Gasteiger partial charge in [0.1, 0.15) is 5.75 Å². The molecular formula is C16H12ClN2OS. The van der Waals surface area contributed by atoms with Crippen molar-refractivity contribution in [2.75, 3.05) is 6.61 Å². The Morgan fingerprint density at radius 3 is 2.57 bits per heavy atom. The first-order chi connectivity index (χ1) is 10.2. The molecule has 0 N–H and O–H groups in total. The Kier molecular flexibility index (Phi) is 3.99. The minimum Gasteiger partial charge on any atom is -0.493 e. The Labute approximate surface area is 133 Å². The van der Waals surface area contributed by atoms with Crippen LogP contribution in [0.4, 0.5) is 0 Å². The summed E-state index contributed by atoms with van der Waals surface area (Å²) in [5.74, 6) is 0.766. The summed E-state index contributed by atoms with van der Waals surface area (Å²) in [5.41, 5.74) is 2.09. The van der Waals surface area contributed by atoms with E-state index in [2.05, 4.69) is 16.9 Å². The molecule has 3 rings (SSSR count). The topological polar surface area (TPSA) is 34.0 Å². The van der Waals surface area contributed by atoms with Crippen LogP contribution in [0.3, 0.4) is 0 Å². The van der Waals surface area contributed by atoms with E-state index in [0.717, 1.165) is 27.6 Å². The molecule has 0 fully saturated rings. The predicted octanol–water partition coefficient (Wildman–Crippen LogP) is 2.68. The zero-order chi connectivity index (χ0) is 14.8. The zero-order valence-electron chi connectivity index (χ0n) is 11.2. The van der Waals surface area contributed by atoms with Gasteiger partial charge >= 0.3 is 0 Å². The van der Waals surface area contributed by atoms with Crippen LogP contribution < -0.4 is 15.5 Å². The summed E-state index contributed by atoms with van der Waals surface area (Å²) < 4.78 is 5.61. The second kappa shape index (κ2) is 5.92. The summed E-state index contributed by atoms with van der Waals surface area (Å²) in [4.78, 5) is 8.59. The van der Waals surface area contributed by atoms with Crippen LogP contribution in [0.15, 0.2) is 46.4 Å². The maximum absolute atomic E-state index is 5.92. The fourth-order valence-electron chi connectivity index (χ4n) is 2.27. The van der Waals surface area contributed by atoms with Crippen molar-refractivity contribution in [1.82, 2.24) is 0 Å². The first-order valence-electron chi connectivity index (χ1n) is 6.47. The van der Waals surface area contributed by atoms with Gasteiger partial charge < -0.3 is 4.74 Å². The lowest BCUT2D eigenvalue weighted by Gasteiger charge is -2.10. The van der Waals surface area contributed by atoms with Crippen molar-refractivity contribution in [2.24, 2.45) is 9.98 Å². The van der Waals surface area contributed by atoms with Gasteiger partial charge in [-0.3, -0.25) is 0 Å². The standard InChI is InChI=1S/C16H12ClN2OS/c1-2-20-14-8-7-13-15(19-16(21)18-13)12(14)9-10-3-5-11(17)6-4-10/h3-8H,1-2,9H2. The molecule has 2 aromatic rings. The molecule has 5 heteroatoms. The van der Waals surface area contributed by atoms with Crippen molar-refractivity contribution >= 4 is 28.9 Å². The molecule has 0 atom stereocenters. The van der Waals surface area contributed by atoms with Gasteiger partial charge in [-0.2, -0.15) is 0 Å². The summed E-state index contributed by atoms with van der Waals surface area (Å²) >= 11 is 11.0. The van der Waals surface area contributed by atoms with E-state index in [1.165, 1.54) is 0 Å². The molecule has 0 unspecified atom stereocenters. The number of halogens is 1. The Morgan fingerprint density at radius 1 is 1.10 bits per heavy atom. The molecule has 3 nitrogen and oxygen atoms in total. The number of nitrogens with zero attached hydrogens (tertiary/aromatic N) is 2. The van der Waals surface area contributed by atoms with E-state index in [1.807, 2.05) is 36.4 Å². The molecule has 0 saturated carbocycles. The number of thiocarbonyl (C=S) groups is 1. The van der Waals surface area contributed by atoms with Crippen molar-refractivity contribution < 1.29 is 4.74 Å². The first-order valence-corrected chi connectivity index (χ1v) is 7.26. The van der Waals surface area contributed by atoms with E-state index < -0.39 is 0 Å². The van der Waals surface area contributed by atoms with Crippen LogP contribution in [0.1, 0.15) is 11.1 Å². The fourth-order valence-corrected chi connectivity index (χ4v) is 2.58. The SMILES string of the molecule is [CH2]COc1ccc2c(c1Cc1ccc(Cl)cc1)=NC(=S)N=2. The zero-order valence-corrected chi connectivity index (χ0v) is 12.7. The molecule has 1 radical (unpaired) electrons. The molecule has 1 aliphatic rings. The van der Waals surface area contributed by atoms with Gasteiger partial charge in [-0.05, 0) is 49.0 Å². The van der Waals surface area contributed by atoms with E-state index in [4.69, 9.17) is 28.6 Å². The molecule has 105 valence electrons. The highest BCUT2D eigenvalue weighted by Crippen LogP contribution is 2.19. The van der Waals surface area contributed by atoms with Crippen molar-refractivity contribution in [3.05, 3.63) is 70.2 Å². The smallest absolute Gasteiger partial charge is 0.220 e. The number of rotatable bonds is 4. The van der Waals surface area contributed by atoms with Gasteiger partial charge in [0.2, 0.25) is 5.11 Å². The minimum atomic E-state index is 0.355. The van der Waals surface area contributed by atoms with Gasteiger partial charge in [0.05, 0.1) is 17.3 Å². The lowest BCUT2D eigenvalue weighted by Crippen LogP contribution is -2.27. The van der Waals surface area contributed by atoms with E-state index in [1.54, 1.807) is 0 Å². The number of fused-ring (bicyclic) bond motifs is 1. The molecule has 0 aromatic heterocycles. The van der Waals surface area contributed by atoms with Gasteiger partial charge in [-0.15, -0.1) is 0 Å². The average molecular weight is 316 g/mol. The van der Waals surface area contributed by atoms with E-state index in [-0.39, 0.29) is 0 Å². The number of hydrogen-bond donors (Lipinski definition) is 0.